The lowest BCUT2D eigenvalue weighted by atomic mass is 9.68. The maximum atomic E-state index is 9.01. The Bertz CT molecular complexity index is 4300. The van der Waals surface area contributed by atoms with Gasteiger partial charge < -0.3 is 52.8 Å². The van der Waals surface area contributed by atoms with Crippen LogP contribution in [0.2, 0.25) is 0 Å². The second-order valence-electron chi connectivity index (χ2n) is 38.9. The number of unbranched alkanes of at least 4 members (excludes halogenated alkanes) is 2. The summed E-state index contributed by atoms with van der Waals surface area (Å²) in [6, 6.07) is 76.2. The van der Waals surface area contributed by atoms with Crippen molar-refractivity contribution < 1.29 is 52.8 Å². The van der Waals surface area contributed by atoms with Gasteiger partial charge in [-0.3, -0.25) is 0 Å². The molecule has 0 radical (unpaired) electrons. The van der Waals surface area contributed by atoms with E-state index in [9.17, 15) is 0 Å². The van der Waals surface area contributed by atoms with E-state index in [0.29, 0.717) is 72.7 Å². The molecular formula is C121H174O11. The molecule has 0 bridgehead atoms. The van der Waals surface area contributed by atoms with Crippen LogP contribution in [0.3, 0.4) is 0 Å². The zero-order valence-corrected chi connectivity index (χ0v) is 84.9. The van der Waals surface area contributed by atoms with Crippen LogP contribution in [0, 0.1) is 29.6 Å². The minimum Gasteiger partial charge on any atom is -0.508 e. The van der Waals surface area contributed by atoms with Crippen molar-refractivity contribution in [3.05, 3.63) is 269 Å². The van der Waals surface area contributed by atoms with Gasteiger partial charge >= 0.3 is 0 Å². The van der Waals surface area contributed by atoms with Gasteiger partial charge in [-0.25, -0.2) is 0 Å². The molecule has 13 rings (SSSR count). The highest BCUT2D eigenvalue weighted by atomic mass is 16.7. The molecule has 9 aromatic carbocycles. The number of ether oxygens (including phenoxy) is 9. The first kappa shape index (κ1) is 109. The molecule has 3 saturated carbocycles. The van der Waals surface area contributed by atoms with Gasteiger partial charge in [0.1, 0.15) is 46.9 Å². The van der Waals surface area contributed by atoms with E-state index in [1.165, 1.54) is 184 Å². The largest absolute Gasteiger partial charge is 0.508 e. The van der Waals surface area contributed by atoms with Gasteiger partial charge in [0, 0.05) is 25.2 Å². The predicted molar refractivity (Wildman–Crippen MR) is 553 cm³/mol. The van der Waals surface area contributed by atoms with Crippen LogP contribution in [-0.2, 0) is 18.9 Å². The van der Waals surface area contributed by atoms with Crippen molar-refractivity contribution in [2.75, 3.05) is 26.4 Å². The normalized spacial score (nSPS) is 16.3. The van der Waals surface area contributed by atoms with Crippen LogP contribution >= 0.6 is 0 Å². The van der Waals surface area contributed by atoms with Crippen molar-refractivity contribution >= 4 is 0 Å². The molecule has 0 saturated heterocycles. The zero-order valence-electron chi connectivity index (χ0n) is 84.9. The molecule has 0 amide bonds. The Balaban J connectivity index is 0.000000202. The van der Waals surface area contributed by atoms with Gasteiger partial charge in [0.05, 0.1) is 25.9 Å². The molecule has 724 valence electrons. The van der Waals surface area contributed by atoms with E-state index in [1.54, 1.807) is 24.3 Å². The van der Waals surface area contributed by atoms with Gasteiger partial charge in [-0.2, -0.15) is 0 Å². The summed E-state index contributed by atoms with van der Waals surface area (Å²) in [5.74, 6) is 12.8. The van der Waals surface area contributed by atoms with Crippen LogP contribution in [0.4, 0.5) is 0 Å². The third-order valence-corrected chi connectivity index (χ3v) is 28.0. The number of rotatable bonds is 44. The molecule has 9 aromatic rings. The molecular weight excluding hydrogens is 1630 g/mol. The van der Waals surface area contributed by atoms with Gasteiger partial charge in [-0.05, 0) is 278 Å². The summed E-state index contributed by atoms with van der Waals surface area (Å²) in [5.41, 5.74) is 13.5. The molecule has 4 aliphatic rings. The average Bonchev–Trinajstić information content (AvgIpc) is 1.61. The van der Waals surface area contributed by atoms with E-state index in [0.717, 1.165) is 110 Å². The first-order valence-electron chi connectivity index (χ1n) is 52.0. The molecule has 2 N–H and O–H groups in total. The van der Waals surface area contributed by atoms with Crippen LogP contribution in [-0.4, -0.2) is 67.9 Å². The highest BCUT2D eigenvalue weighted by molar-refractivity contribution is 5.78. The van der Waals surface area contributed by atoms with E-state index in [2.05, 4.69) is 251 Å². The van der Waals surface area contributed by atoms with Gasteiger partial charge in [0.15, 0.2) is 25.2 Å². The third kappa shape index (κ3) is 39.0. The molecule has 10 atom stereocenters. The Kier molecular flexibility index (Phi) is 50.6. The Morgan fingerprint density at radius 2 is 0.682 bits per heavy atom. The summed E-state index contributed by atoms with van der Waals surface area (Å²) in [4.78, 5) is 0. The van der Waals surface area contributed by atoms with Crippen LogP contribution in [0.15, 0.2) is 224 Å². The van der Waals surface area contributed by atoms with Gasteiger partial charge in [-0.1, -0.05) is 353 Å². The van der Waals surface area contributed by atoms with E-state index < -0.39 is 0 Å². The van der Waals surface area contributed by atoms with Gasteiger partial charge in [-0.15, -0.1) is 0 Å². The maximum absolute atomic E-state index is 9.01. The zero-order chi connectivity index (χ0) is 94.8. The van der Waals surface area contributed by atoms with Gasteiger partial charge in [0.25, 0.3) is 0 Å². The lowest BCUT2D eigenvalue weighted by molar-refractivity contribution is -0.127. The number of hydrogen-bond acceptors (Lipinski definition) is 11. The molecule has 0 aromatic heterocycles. The number of benzene rings is 9. The molecule has 11 nitrogen and oxygen atoms in total. The molecule has 4 aliphatic carbocycles. The number of aromatic hydroxyl groups is 2. The average molecular weight is 1800 g/mol. The Hall–Kier alpha value is -8.58. The van der Waals surface area contributed by atoms with Crippen molar-refractivity contribution in [2.45, 2.75) is 377 Å². The van der Waals surface area contributed by atoms with E-state index >= 15 is 0 Å². The summed E-state index contributed by atoms with van der Waals surface area (Å²) in [6.07, 6.45) is 35.0. The third-order valence-electron chi connectivity index (χ3n) is 28.0. The Labute approximate surface area is 801 Å². The number of phenolic OH excluding ortho intramolecular Hbond substituents is 2. The lowest BCUT2D eigenvalue weighted by Crippen LogP contribution is -2.34. The number of fused-ring (bicyclic) bond motifs is 3. The van der Waals surface area contributed by atoms with Crippen LogP contribution < -0.4 is 23.7 Å². The van der Waals surface area contributed by atoms with Crippen LogP contribution in [0.25, 0.3) is 11.1 Å². The monoisotopic (exact) mass is 1800 g/mol. The molecule has 10 unspecified atom stereocenters. The first-order valence-corrected chi connectivity index (χ1v) is 52.0. The minimum atomic E-state index is -0.260. The topological polar surface area (TPSA) is 124 Å². The van der Waals surface area contributed by atoms with Gasteiger partial charge in [0.2, 0.25) is 0 Å². The standard InChI is InChI=1S/C30H36O2.C28H46O2.C23H32O3.C20H32O2.2C10H14O/c1-4-6-7-16-30(32-24-19-17-23(18-20-24)22(3)5-2)31-21-29-27-14-10-8-12-25(27)26-13-9-11-15-28(26)29;1-5-22(4)23-16-18-26(19-17-23)30-28(29-21(2)3)20-27(24-12-8-6-9-13-24)25-14-10-7-11-15-25;1-5-19(4)20-11-13-22(14-12-20)26-23(17-18(2)3)25-16-15-24-21-9-7-6-8-10-21;1-4-16(2)19-10-12-20(13-11-19)22-17(3)21-15-14-18-8-6-5-7-9-18;2*1-3-8(2)9-4-6-10(11)7-5-9/h8-15,17-20,22,29-30H,4-7,16,21H2,1-3H3;16-19,21-22,24-25,27-28H,5-15,20H2,1-4H3;6-14,18-19,23H,5,15-17H2,1-4H3;10-13,16-18H,4-9,14-15H2,1-3H3;2*4-8,11H,3H2,1-2H3. The summed E-state index contributed by atoms with van der Waals surface area (Å²) in [7, 11) is 0. The molecule has 0 heterocycles. The molecule has 0 spiro atoms. The number of hydrogen-bond donors (Lipinski definition) is 2. The van der Waals surface area contributed by atoms with Crippen LogP contribution in [0.1, 0.15) is 390 Å². The van der Waals surface area contributed by atoms with Crippen molar-refractivity contribution in [3.63, 3.8) is 0 Å². The fraction of sp³-hybridized carbons (Fsp3) is 0.554. The smallest absolute Gasteiger partial charge is 0.200 e. The molecule has 0 aliphatic heterocycles. The lowest BCUT2D eigenvalue weighted by Gasteiger charge is -2.39. The van der Waals surface area contributed by atoms with E-state index in [1.807, 2.05) is 73.7 Å². The second kappa shape index (κ2) is 61.4. The van der Waals surface area contributed by atoms with E-state index in [-0.39, 0.29) is 37.2 Å². The van der Waals surface area contributed by atoms with Crippen LogP contribution in [0.5, 0.6) is 40.2 Å². The highest BCUT2D eigenvalue weighted by Gasteiger charge is 2.35. The number of para-hydroxylation sites is 1. The van der Waals surface area contributed by atoms with E-state index in [4.69, 9.17) is 52.8 Å². The maximum Gasteiger partial charge on any atom is 0.200 e. The predicted octanol–water partition coefficient (Wildman–Crippen LogP) is 34.6. The van der Waals surface area contributed by atoms with Crippen molar-refractivity contribution in [3.8, 4) is 51.4 Å². The fourth-order valence-electron chi connectivity index (χ4n) is 18.4. The summed E-state index contributed by atoms with van der Waals surface area (Å²) in [5, 5.41) is 18.0. The fourth-order valence-corrected chi connectivity index (χ4v) is 18.4. The summed E-state index contributed by atoms with van der Waals surface area (Å²) >= 11 is 0. The van der Waals surface area contributed by atoms with Crippen molar-refractivity contribution in [2.24, 2.45) is 29.6 Å². The minimum absolute atomic E-state index is 0.131. The molecule has 132 heavy (non-hydrogen) atoms. The second-order valence-corrected chi connectivity index (χ2v) is 38.9. The summed E-state index contributed by atoms with van der Waals surface area (Å²) < 4.78 is 55.0. The van der Waals surface area contributed by atoms with Crippen molar-refractivity contribution in [1.29, 1.82) is 0 Å². The highest BCUT2D eigenvalue weighted by Crippen LogP contribution is 2.46. The number of phenols is 2. The Morgan fingerprint density at radius 1 is 0.318 bits per heavy atom. The first-order chi connectivity index (χ1) is 64.0. The summed E-state index contributed by atoms with van der Waals surface area (Å²) in [6.45, 7) is 42.0. The quantitative estimate of drug-likeness (QED) is 0.0280. The SMILES string of the molecule is CCC(C)c1ccc(O)cc1.CCC(C)c1ccc(O)cc1.CCC(C)c1ccc(OC(C)OCCC2CCCCC2)cc1.CCC(C)c1ccc(OC(CC(C)C)OCCOc2ccccc2)cc1.CCC(C)c1ccc(OC(CC(C2CCCCC2)C2CCCCC2)OC(C)C)cc1.CCCCCC(OCC1c2ccccc2-c2ccccc21)Oc1ccc(C(C)CC)cc1. The molecule has 3 fully saturated rings. The Morgan fingerprint density at radius 3 is 1.07 bits per heavy atom. The van der Waals surface area contributed by atoms with Crippen molar-refractivity contribution in [1.82, 2.24) is 0 Å². The molecule has 11 heteroatoms.